The summed E-state index contributed by atoms with van der Waals surface area (Å²) in [5, 5.41) is 12.8. The lowest BCUT2D eigenvalue weighted by Crippen LogP contribution is -2.26. The van der Waals surface area contributed by atoms with Crippen molar-refractivity contribution < 1.29 is 5.11 Å². The minimum Gasteiger partial charge on any atom is -0.506 e. The highest BCUT2D eigenvalue weighted by Crippen LogP contribution is 2.27. The van der Waals surface area contributed by atoms with Gasteiger partial charge in [-0.15, -0.1) is 0 Å². The fourth-order valence-corrected chi connectivity index (χ4v) is 1.75. The molecule has 2 heterocycles. The van der Waals surface area contributed by atoms with Crippen LogP contribution in [0.5, 0.6) is 5.75 Å². The van der Waals surface area contributed by atoms with E-state index in [9.17, 15) is 5.11 Å². The van der Waals surface area contributed by atoms with Crippen LogP contribution in [0, 0.1) is 0 Å². The number of aromatic nitrogens is 1. The molecule has 3 heteroatoms. The zero-order valence-electron chi connectivity index (χ0n) is 7.01. The predicted octanol–water partition coefficient (Wildman–Crippen LogP) is 1.53. The van der Waals surface area contributed by atoms with E-state index in [0.29, 0.717) is 11.8 Å². The summed E-state index contributed by atoms with van der Waals surface area (Å²) in [5.41, 5.74) is 0.940. The summed E-state index contributed by atoms with van der Waals surface area (Å²) < 4.78 is 0. The van der Waals surface area contributed by atoms with E-state index >= 15 is 0 Å². The van der Waals surface area contributed by atoms with Crippen molar-refractivity contribution in [3.05, 3.63) is 18.0 Å². The number of piperidine rings is 1. The molecule has 0 spiro atoms. The molecule has 1 aromatic rings. The van der Waals surface area contributed by atoms with Crippen LogP contribution in [0.1, 0.15) is 31.0 Å². The number of hydrogen-bond donors (Lipinski definition) is 3. The van der Waals surface area contributed by atoms with Crippen LogP contribution in [0.25, 0.3) is 0 Å². The highest BCUT2D eigenvalue weighted by molar-refractivity contribution is 5.28. The Kier molecular flexibility index (Phi) is 2.04. The van der Waals surface area contributed by atoms with Crippen LogP contribution in [0.3, 0.4) is 0 Å². The Morgan fingerprint density at radius 3 is 2.92 bits per heavy atom. The lowest BCUT2D eigenvalue weighted by molar-refractivity contribution is 0.386. The maximum atomic E-state index is 9.43. The third-order valence-corrected chi connectivity index (χ3v) is 2.41. The molecule has 0 bridgehead atoms. The summed E-state index contributed by atoms with van der Waals surface area (Å²) >= 11 is 0. The number of nitrogens with one attached hydrogen (secondary N) is 2. The molecule has 1 aliphatic rings. The first-order valence-corrected chi connectivity index (χ1v) is 4.47. The SMILES string of the molecule is Oc1cc[nH]c1C1CCCCN1. The zero-order chi connectivity index (χ0) is 8.39. The molecular formula is C9H14N2O. The molecule has 3 nitrogen and oxygen atoms in total. The third kappa shape index (κ3) is 1.32. The molecule has 0 amide bonds. The Morgan fingerprint density at radius 1 is 1.42 bits per heavy atom. The number of rotatable bonds is 1. The van der Waals surface area contributed by atoms with E-state index in [0.717, 1.165) is 18.7 Å². The van der Waals surface area contributed by atoms with Crippen molar-refractivity contribution in [1.29, 1.82) is 0 Å². The smallest absolute Gasteiger partial charge is 0.137 e. The van der Waals surface area contributed by atoms with Crippen LogP contribution in [-0.4, -0.2) is 16.6 Å². The summed E-state index contributed by atoms with van der Waals surface area (Å²) in [6, 6.07) is 2.03. The van der Waals surface area contributed by atoms with Crippen molar-refractivity contribution in [2.45, 2.75) is 25.3 Å². The second-order valence-corrected chi connectivity index (χ2v) is 3.28. The Balaban J connectivity index is 2.13. The molecule has 1 atom stereocenters. The van der Waals surface area contributed by atoms with Crippen molar-refractivity contribution in [2.24, 2.45) is 0 Å². The van der Waals surface area contributed by atoms with Crippen LogP contribution in [-0.2, 0) is 0 Å². The van der Waals surface area contributed by atoms with Gasteiger partial charge in [-0.25, -0.2) is 0 Å². The summed E-state index contributed by atoms with van der Waals surface area (Å²) in [6.45, 7) is 1.06. The van der Waals surface area contributed by atoms with Gasteiger partial charge in [-0.3, -0.25) is 0 Å². The van der Waals surface area contributed by atoms with Crippen LogP contribution in [0.4, 0.5) is 0 Å². The molecule has 0 saturated carbocycles. The first-order chi connectivity index (χ1) is 5.88. The quantitative estimate of drug-likeness (QED) is 0.592. The molecule has 1 unspecified atom stereocenters. The van der Waals surface area contributed by atoms with E-state index in [1.165, 1.54) is 12.8 Å². The molecule has 2 rings (SSSR count). The van der Waals surface area contributed by atoms with Gasteiger partial charge in [0.15, 0.2) is 0 Å². The highest BCUT2D eigenvalue weighted by atomic mass is 16.3. The van der Waals surface area contributed by atoms with Gasteiger partial charge < -0.3 is 15.4 Å². The Morgan fingerprint density at radius 2 is 2.33 bits per heavy atom. The predicted molar refractivity (Wildman–Crippen MR) is 47.1 cm³/mol. The molecule has 0 aromatic carbocycles. The van der Waals surface area contributed by atoms with Gasteiger partial charge in [-0.1, -0.05) is 6.42 Å². The second-order valence-electron chi connectivity index (χ2n) is 3.28. The molecule has 12 heavy (non-hydrogen) atoms. The maximum Gasteiger partial charge on any atom is 0.137 e. The second kappa shape index (κ2) is 3.19. The van der Waals surface area contributed by atoms with E-state index in [1.807, 2.05) is 0 Å². The van der Waals surface area contributed by atoms with Crippen molar-refractivity contribution in [1.82, 2.24) is 10.3 Å². The van der Waals surface area contributed by atoms with Gasteiger partial charge in [0, 0.05) is 6.20 Å². The van der Waals surface area contributed by atoms with Gasteiger partial charge in [0.2, 0.25) is 0 Å². The summed E-state index contributed by atoms with van der Waals surface area (Å²) in [7, 11) is 0. The fourth-order valence-electron chi connectivity index (χ4n) is 1.75. The minimum atomic E-state index is 0.328. The molecule has 1 aromatic heterocycles. The molecule has 0 aliphatic carbocycles. The van der Waals surface area contributed by atoms with Crippen molar-refractivity contribution in [3.63, 3.8) is 0 Å². The van der Waals surface area contributed by atoms with E-state index in [4.69, 9.17) is 0 Å². The van der Waals surface area contributed by atoms with E-state index < -0.39 is 0 Å². The molecule has 1 fully saturated rings. The summed E-state index contributed by atoms with van der Waals surface area (Å²) in [4.78, 5) is 3.06. The molecular weight excluding hydrogens is 152 g/mol. The van der Waals surface area contributed by atoms with Crippen LogP contribution in [0.15, 0.2) is 12.3 Å². The first kappa shape index (κ1) is 7.68. The first-order valence-electron chi connectivity index (χ1n) is 4.47. The normalized spacial score (nSPS) is 24.2. The van der Waals surface area contributed by atoms with Gasteiger partial charge in [0.05, 0.1) is 11.7 Å². The summed E-state index contributed by atoms with van der Waals surface area (Å²) in [5.74, 6) is 0.384. The highest BCUT2D eigenvalue weighted by Gasteiger charge is 2.18. The molecule has 0 radical (unpaired) electrons. The number of hydrogen-bond acceptors (Lipinski definition) is 2. The van der Waals surface area contributed by atoms with Crippen LogP contribution in [0.2, 0.25) is 0 Å². The van der Waals surface area contributed by atoms with Crippen molar-refractivity contribution in [2.75, 3.05) is 6.54 Å². The molecule has 66 valence electrons. The zero-order valence-corrected chi connectivity index (χ0v) is 7.01. The van der Waals surface area contributed by atoms with E-state index in [1.54, 1.807) is 12.3 Å². The Bertz CT molecular complexity index is 251. The van der Waals surface area contributed by atoms with Crippen LogP contribution >= 0.6 is 0 Å². The molecule has 1 aliphatic heterocycles. The van der Waals surface area contributed by atoms with Gasteiger partial charge in [0.25, 0.3) is 0 Å². The van der Waals surface area contributed by atoms with Gasteiger partial charge in [-0.05, 0) is 25.5 Å². The minimum absolute atomic E-state index is 0.328. The van der Waals surface area contributed by atoms with Gasteiger partial charge >= 0.3 is 0 Å². The topological polar surface area (TPSA) is 48.0 Å². The fraction of sp³-hybridized carbons (Fsp3) is 0.556. The Hall–Kier alpha value is -0.960. The Labute approximate surface area is 71.8 Å². The number of H-pyrrole nitrogens is 1. The van der Waals surface area contributed by atoms with E-state index in [2.05, 4.69) is 10.3 Å². The van der Waals surface area contributed by atoms with E-state index in [-0.39, 0.29) is 0 Å². The van der Waals surface area contributed by atoms with Crippen molar-refractivity contribution in [3.8, 4) is 5.75 Å². The number of aromatic amines is 1. The van der Waals surface area contributed by atoms with Crippen LogP contribution < -0.4 is 5.32 Å². The average Bonchev–Trinajstić information content (AvgIpc) is 2.53. The largest absolute Gasteiger partial charge is 0.506 e. The number of aromatic hydroxyl groups is 1. The average molecular weight is 166 g/mol. The molecule has 1 saturated heterocycles. The monoisotopic (exact) mass is 166 g/mol. The maximum absolute atomic E-state index is 9.43. The van der Waals surface area contributed by atoms with Gasteiger partial charge in [-0.2, -0.15) is 0 Å². The standard InChI is InChI=1S/C9H14N2O/c12-8-4-6-11-9(8)7-3-1-2-5-10-7/h4,6-7,10-12H,1-3,5H2. The van der Waals surface area contributed by atoms with Crippen molar-refractivity contribution >= 4 is 0 Å². The van der Waals surface area contributed by atoms with Gasteiger partial charge in [0.1, 0.15) is 5.75 Å². The summed E-state index contributed by atoms with van der Waals surface area (Å²) in [6.07, 6.45) is 5.39. The lowest BCUT2D eigenvalue weighted by atomic mass is 10.0. The lowest BCUT2D eigenvalue weighted by Gasteiger charge is -2.22. The molecule has 3 N–H and O–H groups in total. The third-order valence-electron chi connectivity index (χ3n) is 2.41.